The predicted molar refractivity (Wildman–Crippen MR) is 147 cm³/mol. The van der Waals surface area contributed by atoms with Crippen molar-refractivity contribution in [1.82, 2.24) is 5.32 Å². The summed E-state index contributed by atoms with van der Waals surface area (Å²) in [7, 11) is -0.0372. The number of aromatic carboxylic acids is 1. The van der Waals surface area contributed by atoms with Crippen molar-refractivity contribution in [2.75, 3.05) is 5.75 Å². The van der Waals surface area contributed by atoms with Gasteiger partial charge >= 0.3 is 5.97 Å². The average molecular weight is 530 g/mol. The van der Waals surface area contributed by atoms with Crippen LogP contribution >= 0.6 is 10.0 Å². The number of carboxylic acid groups (broad SMARTS) is 1. The molecule has 3 fully saturated rings. The van der Waals surface area contributed by atoms with Gasteiger partial charge in [-0.3, -0.25) is 9.59 Å². The number of hydrogen-bond donors (Lipinski definition) is 3. The molecule has 38 heavy (non-hydrogen) atoms. The van der Waals surface area contributed by atoms with Gasteiger partial charge in [0.2, 0.25) is 5.91 Å². The lowest BCUT2D eigenvalue weighted by atomic mass is 9.90. The van der Waals surface area contributed by atoms with E-state index in [2.05, 4.69) is 5.32 Å². The summed E-state index contributed by atoms with van der Waals surface area (Å²) >= 11 is 0. The Morgan fingerprint density at radius 3 is 2.63 bits per heavy atom. The summed E-state index contributed by atoms with van der Waals surface area (Å²) in [6, 6.07) is 14.2. The molecule has 0 aromatic heterocycles. The van der Waals surface area contributed by atoms with Crippen LogP contribution in [-0.4, -0.2) is 43.6 Å². The Morgan fingerprint density at radius 2 is 1.87 bits per heavy atom. The third-order valence-corrected chi connectivity index (χ3v) is 13.3. The first-order valence-electron chi connectivity index (χ1n) is 13.0. The van der Waals surface area contributed by atoms with Crippen molar-refractivity contribution in [1.29, 1.82) is 0 Å². The number of carboxylic acids is 1. The molecule has 3 saturated heterocycles. The van der Waals surface area contributed by atoms with Crippen LogP contribution in [0.3, 0.4) is 0 Å². The van der Waals surface area contributed by atoms with Gasteiger partial charge in [-0.05, 0) is 54.5 Å². The van der Waals surface area contributed by atoms with Gasteiger partial charge in [-0.1, -0.05) is 24.6 Å². The fraction of sp³-hybridized carbons (Fsp3) is 0.300. The van der Waals surface area contributed by atoms with Crippen LogP contribution in [-0.2, 0) is 11.3 Å². The van der Waals surface area contributed by atoms with Crippen LogP contribution in [0.4, 0.5) is 0 Å². The monoisotopic (exact) mass is 529 g/mol. The number of nitrogens with one attached hydrogen (secondary N) is 1. The van der Waals surface area contributed by atoms with E-state index < -0.39 is 5.97 Å². The van der Waals surface area contributed by atoms with E-state index in [-0.39, 0.29) is 45.0 Å². The second-order valence-electron chi connectivity index (χ2n) is 10.6. The first-order valence-corrected chi connectivity index (χ1v) is 15.0. The van der Waals surface area contributed by atoms with Crippen molar-refractivity contribution >= 4 is 32.9 Å². The van der Waals surface area contributed by atoms with E-state index in [0.717, 1.165) is 28.6 Å². The maximum Gasteiger partial charge on any atom is 0.336 e. The Balaban J connectivity index is 1.19. The Hall–Kier alpha value is -3.78. The van der Waals surface area contributed by atoms with E-state index in [4.69, 9.17) is 4.42 Å². The summed E-state index contributed by atoms with van der Waals surface area (Å²) < 4.78 is 6.14. The number of hydrogen-bond acceptors (Lipinski definition) is 5. The van der Waals surface area contributed by atoms with E-state index in [1.807, 2.05) is 0 Å². The van der Waals surface area contributed by atoms with Gasteiger partial charge < -0.3 is 19.9 Å². The molecule has 4 aliphatic heterocycles. The highest BCUT2D eigenvalue weighted by molar-refractivity contribution is 8.54. The molecule has 2 aromatic carbocycles. The smallest absolute Gasteiger partial charge is 0.336 e. The molecule has 1 amide bonds. The lowest BCUT2D eigenvalue weighted by Crippen LogP contribution is -2.22. The summed E-state index contributed by atoms with van der Waals surface area (Å²) in [4.78, 5) is 36.8. The number of benzene rings is 3. The number of fused-ring (bicyclic) bond motifs is 3. The number of carbonyl (C=O) groups excluding carboxylic acids is 1. The minimum absolute atomic E-state index is 0.0372. The summed E-state index contributed by atoms with van der Waals surface area (Å²) in [6.45, 7) is 0.0493. The molecule has 7 nitrogen and oxygen atoms in total. The standard InChI is InChI=1S/C30H27NO6S/c32-16-9-10-19-23(13-16)37-28-20(27(19)17-5-1-2-6-18(17)30(35)36)11-12-22(33)21(28)14-31-26(34)8-4-3-7-24-29-25-15-38(24,25)29/h1-2,5-6,9-13,24-25,29,33H,3-4,7-8,14-15H2,(H,31,34)(H,35,36). The van der Waals surface area contributed by atoms with Gasteiger partial charge in [0.25, 0.3) is 0 Å². The Labute approximate surface area is 220 Å². The zero-order valence-corrected chi connectivity index (χ0v) is 21.4. The Bertz CT molecular complexity index is 1680. The summed E-state index contributed by atoms with van der Waals surface area (Å²) in [5.74, 6) is 0.585. The lowest BCUT2D eigenvalue weighted by molar-refractivity contribution is -0.121. The maximum atomic E-state index is 12.6. The first-order chi connectivity index (χ1) is 18.4. The third kappa shape index (κ3) is 3.54. The molecule has 5 aliphatic rings. The van der Waals surface area contributed by atoms with E-state index in [0.29, 0.717) is 39.6 Å². The molecule has 0 radical (unpaired) electrons. The van der Waals surface area contributed by atoms with Crippen LogP contribution < -0.4 is 10.7 Å². The SMILES string of the molecule is O=C(CCCCC1C2C3CS132)NCc1c(O)ccc2c(-c3ccccc3C(=O)O)c3ccc(=O)cc-3oc12. The van der Waals surface area contributed by atoms with E-state index in [1.165, 1.54) is 36.4 Å². The zero-order valence-electron chi connectivity index (χ0n) is 20.6. The summed E-state index contributed by atoms with van der Waals surface area (Å²) in [5.41, 5.74) is 2.17. The number of amides is 1. The average Bonchev–Trinajstić information content (AvgIpc) is 3.83. The minimum atomic E-state index is -1.08. The normalized spacial score (nSPS) is 25.7. The van der Waals surface area contributed by atoms with Crippen LogP contribution in [0.1, 0.15) is 41.6 Å². The van der Waals surface area contributed by atoms with Gasteiger partial charge in [0, 0.05) is 44.8 Å². The Kier molecular flexibility index (Phi) is 5.14. The molecule has 194 valence electrons. The molecule has 7 rings (SSSR count). The largest absolute Gasteiger partial charge is 0.507 e. The van der Waals surface area contributed by atoms with Gasteiger partial charge in [0.15, 0.2) is 5.43 Å². The molecule has 1 spiro atoms. The topological polar surface area (TPSA) is 117 Å². The number of rotatable bonds is 9. The second kappa shape index (κ2) is 8.36. The van der Waals surface area contributed by atoms with E-state index in [1.54, 1.807) is 30.3 Å². The van der Waals surface area contributed by atoms with Crippen LogP contribution in [0.25, 0.3) is 33.4 Å². The minimum Gasteiger partial charge on any atom is -0.507 e. The van der Waals surface area contributed by atoms with Crippen molar-refractivity contribution in [2.24, 2.45) is 0 Å². The van der Waals surface area contributed by atoms with Gasteiger partial charge in [0.1, 0.15) is 17.1 Å². The van der Waals surface area contributed by atoms with E-state index >= 15 is 0 Å². The number of aromatic hydroxyl groups is 1. The lowest BCUT2D eigenvalue weighted by Gasteiger charge is -2.19. The highest BCUT2D eigenvalue weighted by atomic mass is 32.3. The Morgan fingerprint density at radius 1 is 1.05 bits per heavy atom. The molecule has 4 heterocycles. The fourth-order valence-corrected chi connectivity index (χ4v) is 11.7. The van der Waals surface area contributed by atoms with Gasteiger partial charge in [-0.15, -0.1) is 0 Å². The quantitative estimate of drug-likeness (QED) is 0.158. The molecule has 8 heteroatoms. The van der Waals surface area contributed by atoms with Gasteiger partial charge in [-0.2, -0.15) is 0 Å². The molecule has 0 bridgehead atoms. The number of phenols is 1. The van der Waals surface area contributed by atoms with Crippen molar-refractivity contribution in [2.45, 2.75) is 48.0 Å². The molecule has 0 saturated carbocycles. The van der Waals surface area contributed by atoms with Crippen LogP contribution in [0, 0.1) is 0 Å². The number of unbranched alkanes of at least 4 members (excludes halogenated alkanes) is 1. The highest BCUT2D eigenvalue weighted by Gasteiger charge is 2.93. The molecular weight excluding hydrogens is 502 g/mol. The van der Waals surface area contributed by atoms with Gasteiger partial charge in [0.05, 0.1) is 17.7 Å². The second-order valence-corrected chi connectivity index (χ2v) is 14.5. The molecule has 3 N–H and O–H groups in total. The molecule has 2 aromatic rings. The third-order valence-electron chi connectivity index (χ3n) is 8.52. The summed E-state index contributed by atoms with van der Waals surface area (Å²) in [6.07, 6.45) is 3.64. The van der Waals surface area contributed by atoms with Crippen molar-refractivity contribution in [3.8, 4) is 28.2 Å². The predicted octanol–water partition coefficient (Wildman–Crippen LogP) is 5.10. The van der Waals surface area contributed by atoms with Crippen LogP contribution in [0.15, 0.2) is 63.8 Å². The van der Waals surface area contributed by atoms with Gasteiger partial charge in [-0.25, -0.2) is 14.8 Å². The molecule has 4 unspecified atom stereocenters. The fourth-order valence-electron chi connectivity index (χ4n) is 6.35. The van der Waals surface area contributed by atoms with Crippen LogP contribution in [0.2, 0.25) is 0 Å². The maximum absolute atomic E-state index is 12.6. The highest BCUT2D eigenvalue weighted by Crippen LogP contribution is 3.09. The van der Waals surface area contributed by atoms with Crippen LogP contribution in [0.5, 0.6) is 5.75 Å². The first kappa shape index (κ1) is 23.3. The van der Waals surface area contributed by atoms with E-state index in [9.17, 15) is 24.6 Å². The molecule has 4 atom stereocenters. The number of carbonyl (C=O) groups is 2. The van der Waals surface area contributed by atoms with Crippen molar-refractivity contribution < 1.29 is 24.2 Å². The molecular formula is C30H27NO6S. The summed E-state index contributed by atoms with van der Waals surface area (Å²) in [5, 5.41) is 27.3. The zero-order chi connectivity index (χ0) is 26.2. The van der Waals surface area contributed by atoms with Crippen molar-refractivity contribution in [3.05, 3.63) is 75.9 Å². The number of phenolic OH excluding ortho intramolecular Hbond substituents is 1. The van der Waals surface area contributed by atoms with Crippen molar-refractivity contribution in [3.63, 3.8) is 0 Å². The molecule has 1 aliphatic carbocycles.